The summed E-state index contributed by atoms with van der Waals surface area (Å²) in [6.45, 7) is 0.492. The molecule has 20 heavy (non-hydrogen) atoms. The monoisotopic (exact) mass is 411 g/mol. The highest BCUT2D eigenvalue weighted by Crippen LogP contribution is 2.29. The third-order valence-electron chi connectivity index (χ3n) is 2.84. The van der Waals surface area contributed by atoms with Crippen LogP contribution in [0.1, 0.15) is 10.6 Å². The maximum absolute atomic E-state index is 5.84. The van der Waals surface area contributed by atoms with Crippen molar-refractivity contribution in [1.82, 2.24) is 4.98 Å². The maximum atomic E-state index is 5.84. The summed E-state index contributed by atoms with van der Waals surface area (Å²) in [5.74, 6) is 0.842. The Hall–Kier alpha value is -0.910. The molecule has 0 aliphatic rings. The van der Waals surface area contributed by atoms with Crippen LogP contribution in [-0.2, 0) is 11.9 Å². The molecule has 3 rings (SSSR count). The van der Waals surface area contributed by atoms with E-state index in [1.54, 1.807) is 11.3 Å². The predicted molar refractivity (Wildman–Crippen MR) is 90.7 cm³/mol. The van der Waals surface area contributed by atoms with Crippen LogP contribution < -0.4 is 4.74 Å². The number of benzene rings is 2. The Kier molecular flexibility index (Phi) is 4.38. The van der Waals surface area contributed by atoms with Crippen molar-refractivity contribution in [2.75, 3.05) is 0 Å². The lowest BCUT2D eigenvalue weighted by Gasteiger charge is -2.07. The fraction of sp³-hybridized carbons (Fsp3) is 0.133. The summed E-state index contributed by atoms with van der Waals surface area (Å²) in [6, 6.07) is 14.2. The molecule has 0 atom stereocenters. The van der Waals surface area contributed by atoms with Crippen molar-refractivity contribution in [3.8, 4) is 5.75 Å². The Morgan fingerprint density at radius 2 is 2.00 bits per heavy atom. The van der Waals surface area contributed by atoms with Crippen LogP contribution in [0.25, 0.3) is 10.2 Å². The molecule has 0 unspecified atom stereocenters. The summed E-state index contributed by atoms with van der Waals surface area (Å²) < 4.78 is 8.00. The molecular weight excluding hydrogens is 402 g/mol. The lowest BCUT2D eigenvalue weighted by molar-refractivity contribution is 0.304. The van der Waals surface area contributed by atoms with Gasteiger partial charge in [0.15, 0.2) is 0 Å². The van der Waals surface area contributed by atoms with Gasteiger partial charge in [-0.1, -0.05) is 34.1 Å². The molecule has 0 amide bonds. The summed E-state index contributed by atoms with van der Waals surface area (Å²) in [5.41, 5.74) is 2.24. The van der Waals surface area contributed by atoms with E-state index >= 15 is 0 Å². The van der Waals surface area contributed by atoms with Gasteiger partial charge in [0.05, 0.1) is 14.7 Å². The first-order valence-electron chi connectivity index (χ1n) is 6.08. The molecule has 0 fully saturated rings. The van der Waals surface area contributed by atoms with Crippen LogP contribution in [0.3, 0.4) is 0 Å². The first-order chi connectivity index (χ1) is 9.76. The predicted octanol–water partition coefficient (Wildman–Crippen LogP) is 5.53. The SMILES string of the molecule is BrCc1ccc(OCc2nc3ccccc3s2)c(Br)c1. The standard InChI is InChI=1S/C15H11Br2NOS/c16-8-10-5-6-13(11(17)7-10)19-9-15-18-12-3-1-2-4-14(12)20-15/h1-7H,8-9H2. The van der Waals surface area contributed by atoms with E-state index in [-0.39, 0.29) is 0 Å². The van der Waals surface area contributed by atoms with Gasteiger partial charge < -0.3 is 4.74 Å². The Labute approximate surface area is 138 Å². The molecule has 0 saturated carbocycles. The number of hydrogen-bond donors (Lipinski definition) is 0. The molecule has 2 aromatic carbocycles. The van der Waals surface area contributed by atoms with Crippen LogP contribution in [0.4, 0.5) is 0 Å². The third-order valence-corrected chi connectivity index (χ3v) is 5.12. The van der Waals surface area contributed by atoms with Gasteiger partial charge >= 0.3 is 0 Å². The number of thiazole rings is 1. The van der Waals surface area contributed by atoms with Gasteiger partial charge in [0.1, 0.15) is 17.4 Å². The average Bonchev–Trinajstić information content (AvgIpc) is 2.88. The molecule has 5 heteroatoms. The number of rotatable bonds is 4. The van der Waals surface area contributed by atoms with E-state index in [9.17, 15) is 0 Å². The lowest BCUT2D eigenvalue weighted by atomic mass is 10.2. The van der Waals surface area contributed by atoms with Crippen LogP contribution in [0, 0.1) is 0 Å². The van der Waals surface area contributed by atoms with Crippen LogP contribution >= 0.6 is 43.2 Å². The average molecular weight is 413 g/mol. The Morgan fingerprint density at radius 1 is 1.15 bits per heavy atom. The molecule has 0 bridgehead atoms. The van der Waals surface area contributed by atoms with Crippen molar-refractivity contribution in [3.05, 3.63) is 57.5 Å². The zero-order valence-electron chi connectivity index (χ0n) is 10.5. The van der Waals surface area contributed by atoms with Crippen molar-refractivity contribution in [3.63, 3.8) is 0 Å². The summed E-state index contributed by atoms with van der Waals surface area (Å²) in [7, 11) is 0. The van der Waals surface area contributed by atoms with Gasteiger partial charge in [-0.25, -0.2) is 4.98 Å². The lowest BCUT2D eigenvalue weighted by Crippen LogP contribution is -1.95. The van der Waals surface area contributed by atoms with E-state index in [0.29, 0.717) is 6.61 Å². The summed E-state index contributed by atoms with van der Waals surface area (Å²) >= 11 is 8.65. The molecule has 3 aromatic rings. The molecule has 1 aromatic heterocycles. The molecule has 0 spiro atoms. The van der Waals surface area contributed by atoms with Crippen molar-refractivity contribution in [1.29, 1.82) is 0 Å². The van der Waals surface area contributed by atoms with E-state index in [1.165, 1.54) is 10.3 Å². The zero-order chi connectivity index (χ0) is 13.9. The summed E-state index contributed by atoms with van der Waals surface area (Å²) in [5, 5.41) is 1.83. The minimum absolute atomic E-state index is 0.492. The van der Waals surface area contributed by atoms with Crippen molar-refractivity contribution >= 4 is 53.4 Å². The molecule has 2 nitrogen and oxygen atoms in total. The number of aromatic nitrogens is 1. The zero-order valence-corrected chi connectivity index (χ0v) is 14.5. The highest BCUT2D eigenvalue weighted by atomic mass is 79.9. The van der Waals surface area contributed by atoms with E-state index in [4.69, 9.17) is 4.74 Å². The fourth-order valence-electron chi connectivity index (χ4n) is 1.87. The van der Waals surface area contributed by atoms with Gasteiger partial charge in [-0.2, -0.15) is 0 Å². The molecular formula is C15H11Br2NOS. The van der Waals surface area contributed by atoms with E-state index < -0.39 is 0 Å². The third kappa shape index (κ3) is 3.05. The number of nitrogens with zero attached hydrogens (tertiary/aromatic N) is 1. The van der Waals surface area contributed by atoms with Crippen LogP contribution in [0.2, 0.25) is 0 Å². The molecule has 1 heterocycles. The van der Waals surface area contributed by atoms with E-state index in [0.717, 1.165) is 26.1 Å². The number of hydrogen-bond acceptors (Lipinski definition) is 3. The normalized spacial score (nSPS) is 10.9. The number of para-hydroxylation sites is 1. The number of halogens is 2. The van der Waals surface area contributed by atoms with Crippen LogP contribution in [0.5, 0.6) is 5.75 Å². The van der Waals surface area contributed by atoms with Gasteiger partial charge in [0, 0.05) is 5.33 Å². The van der Waals surface area contributed by atoms with Gasteiger partial charge in [-0.3, -0.25) is 0 Å². The molecule has 102 valence electrons. The quantitative estimate of drug-likeness (QED) is 0.525. The molecule has 0 saturated heterocycles. The van der Waals surface area contributed by atoms with Crippen molar-refractivity contribution in [2.45, 2.75) is 11.9 Å². The highest BCUT2D eigenvalue weighted by molar-refractivity contribution is 9.10. The molecule has 0 N–H and O–H groups in total. The Bertz CT molecular complexity index is 709. The minimum Gasteiger partial charge on any atom is -0.485 e. The largest absolute Gasteiger partial charge is 0.485 e. The van der Waals surface area contributed by atoms with Gasteiger partial charge in [-0.05, 0) is 45.8 Å². The summed E-state index contributed by atoms with van der Waals surface area (Å²) in [6.07, 6.45) is 0. The first kappa shape index (κ1) is 14.0. The minimum atomic E-state index is 0.492. The first-order valence-corrected chi connectivity index (χ1v) is 8.81. The van der Waals surface area contributed by atoms with Gasteiger partial charge in [0.2, 0.25) is 0 Å². The topological polar surface area (TPSA) is 22.1 Å². The maximum Gasteiger partial charge on any atom is 0.140 e. The van der Waals surface area contributed by atoms with Crippen LogP contribution in [-0.4, -0.2) is 4.98 Å². The van der Waals surface area contributed by atoms with E-state index in [2.05, 4.69) is 49.0 Å². The Balaban J connectivity index is 1.75. The fourth-order valence-corrected chi connectivity index (χ4v) is 3.64. The molecule has 0 radical (unpaired) electrons. The van der Waals surface area contributed by atoms with Crippen LogP contribution in [0.15, 0.2) is 46.9 Å². The Morgan fingerprint density at radius 3 is 2.75 bits per heavy atom. The van der Waals surface area contributed by atoms with Crippen molar-refractivity contribution in [2.24, 2.45) is 0 Å². The second kappa shape index (κ2) is 6.24. The van der Waals surface area contributed by atoms with Gasteiger partial charge in [-0.15, -0.1) is 11.3 Å². The smallest absolute Gasteiger partial charge is 0.140 e. The van der Waals surface area contributed by atoms with Crippen molar-refractivity contribution < 1.29 is 4.74 Å². The number of alkyl halides is 1. The number of fused-ring (bicyclic) bond motifs is 1. The van der Waals surface area contributed by atoms with E-state index in [1.807, 2.05) is 30.3 Å². The van der Waals surface area contributed by atoms with Gasteiger partial charge in [0.25, 0.3) is 0 Å². The number of ether oxygens (including phenoxy) is 1. The second-order valence-corrected chi connectivity index (χ2v) is 6.79. The highest BCUT2D eigenvalue weighted by Gasteiger charge is 2.06. The molecule has 0 aliphatic heterocycles. The molecule has 0 aliphatic carbocycles. The summed E-state index contributed by atoms with van der Waals surface area (Å²) in [4.78, 5) is 4.56. The second-order valence-electron chi connectivity index (χ2n) is 4.26.